The molecule has 15 aromatic rings. The number of carbonyl (C=O) groups is 4. The van der Waals surface area contributed by atoms with Crippen LogP contribution in [0, 0.1) is 0 Å². The number of carbonyl (C=O) groups excluding carboxylic acids is 4. The van der Waals surface area contributed by atoms with E-state index in [4.69, 9.17) is 66.8 Å². The lowest BCUT2D eigenvalue weighted by molar-refractivity contribution is 0.0490. The van der Waals surface area contributed by atoms with Crippen molar-refractivity contribution in [3.8, 4) is 180 Å². The summed E-state index contributed by atoms with van der Waals surface area (Å²) in [6.45, 7) is 8.96. The summed E-state index contributed by atoms with van der Waals surface area (Å²) in [5.74, 6) is 2.73. The Kier molecular flexibility index (Phi) is 29.7. The molecular formula is C120H110N4O16. The molecule has 0 unspecified atom stereocenters. The molecule has 20 heteroatoms. The Hall–Kier alpha value is -16.5. The van der Waals surface area contributed by atoms with E-state index in [2.05, 4.69) is 61.9 Å². The van der Waals surface area contributed by atoms with Crippen LogP contribution in [0.5, 0.6) is 46.0 Å². The molecule has 2 aliphatic rings. The van der Waals surface area contributed by atoms with Crippen molar-refractivity contribution in [1.29, 1.82) is 0 Å². The van der Waals surface area contributed by atoms with Crippen LogP contribution < -0.4 is 37.9 Å². The number of esters is 4. The SMILES string of the molecule is CCCCOC(=O)c1cc(-c2ccc(OC)cc2)c(-c2c3nc(c(-c4c(-c5ccc(OC)cc5)cc(C(=O)OCCCC)cc4-c4ccc(OC)cc4)c4ccc([nH]4)c(-c4c(-c5ccc(OC)cc5)cc(C(=O)OCCCC)cc4-c4ccc(OC)cc4)c4nc(c(-c5c(-c6ccc(OC)cc6)cc(C(=O)OCCCC)cc5-c5ccc(OC)cc5)c5ccc2[nH]5)C=C4)C=C3)c(-c2ccc(OC)cc2)c1. The molecule has 12 aromatic carbocycles. The number of aromatic amines is 2. The molecule has 0 fully saturated rings. The van der Waals surface area contributed by atoms with Crippen LogP contribution in [0.3, 0.4) is 0 Å². The van der Waals surface area contributed by atoms with Gasteiger partial charge in [0.15, 0.2) is 0 Å². The first-order valence-electron chi connectivity index (χ1n) is 47.2. The summed E-state index contributed by atoms with van der Waals surface area (Å²) in [5.41, 5.74) is 20.9. The predicted octanol–water partition coefficient (Wildman–Crippen LogP) is 28.6. The van der Waals surface area contributed by atoms with Gasteiger partial charge in [0.05, 0.1) is 128 Å². The molecule has 0 radical (unpaired) electrons. The van der Waals surface area contributed by atoms with Gasteiger partial charge in [0.1, 0.15) is 46.0 Å². The van der Waals surface area contributed by atoms with Crippen molar-refractivity contribution >= 4 is 70.2 Å². The molecule has 0 saturated carbocycles. The summed E-state index contributed by atoms with van der Waals surface area (Å²) in [4.78, 5) is 81.7. The van der Waals surface area contributed by atoms with Crippen LogP contribution in [0.15, 0.2) is 267 Å². The van der Waals surface area contributed by atoms with E-state index in [1.807, 2.05) is 267 Å². The highest BCUT2D eigenvalue weighted by molar-refractivity contribution is 6.14. The highest BCUT2D eigenvalue weighted by Crippen LogP contribution is 2.54. The van der Waals surface area contributed by atoms with Gasteiger partial charge in [-0.15, -0.1) is 0 Å². The molecule has 0 amide bonds. The number of nitrogens with one attached hydrogen (secondary N) is 2. The standard InChI is InChI=1S/C120H110N4O16/c1-13-17-61-137-117(125)81-65-93(73-21-37-85(129-5)38-22-73)109(94(66-81)74-23-39-86(130-6)40-24-74)113-101-53-55-103(121-101)114(110-95(75-25-41-87(131-7)42-26-75)67-82(118(126)138-62-18-14-2)68-96(110)76-27-43-88(132-8)44-28-76)105-57-59-107(123-105)116(112-99(79-33-49-91(135-11)50-34-79)71-84(120(128)140-64-20-16-4)72-100(112)80-35-51-92(136-12)52-36-80)108-60-58-106(124-108)115(104-56-54-102(113)122-104)111-97(77-29-45-89(133-9)46-30-77)69-83(119(127)139-63-19-15-3)70-98(111)78-31-47-90(134-10)48-32-78/h21-60,65-72,121,124H,13-20,61-64H2,1-12H3. The predicted molar refractivity (Wildman–Crippen MR) is 557 cm³/mol. The zero-order valence-electron chi connectivity index (χ0n) is 80.6. The van der Waals surface area contributed by atoms with Crippen molar-refractivity contribution in [2.24, 2.45) is 0 Å². The fourth-order valence-electron chi connectivity index (χ4n) is 17.9. The smallest absolute Gasteiger partial charge is 0.338 e. The molecule has 8 bridgehead atoms. The third-order valence-corrected chi connectivity index (χ3v) is 25.4. The van der Waals surface area contributed by atoms with Crippen molar-refractivity contribution in [2.75, 3.05) is 83.3 Å². The molecule has 2 N–H and O–H groups in total. The number of methoxy groups -OCH3 is 8. The van der Waals surface area contributed by atoms with Gasteiger partial charge in [-0.1, -0.05) is 150 Å². The number of unbranched alkanes of at least 4 members (excludes halogenated alkanes) is 4. The number of fused-ring (bicyclic) bond motifs is 8. The first-order chi connectivity index (χ1) is 68.5. The molecule has 0 saturated heterocycles. The van der Waals surface area contributed by atoms with Crippen LogP contribution in [0.25, 0.3) is 180 Å². The number of hydrogen-bond donors (Lipinski definition) is 2. The van der Waals surface area contributed by atoms with Crippen molar-refractivity contribution in [3.63, 3.8) is 0 Å². The minimum Gasteiger partial charge on any atom is -0.497 e. The first kappa shape index (κ1) is 95.3. The van der Waals surface area contributed by atoms with Gasteiger partial charge in [-0.25, -0.2) is 29.1 Å². The molecule has 140 heavy (non-hydrogen) atoms. The lowest BCUT2D eigenvalue weighted by Crippen LogP contribution is -2.08. The first-order valence-corrected chi connectivity index (χ1v) is 47.2. The molecule has 20 nitrogen and oxygen atoms in total. The number of benzene rings is 12. The maximum absolute atomic E-state index is 15.3. The van der Waals surface area contributed by atoms with E-state index in [0.29, 0.717) is 272 Å². The quantitative estimate of drug-likeness (QED) is 0.0211. The summed E-state index contributed by atoms with van der Waals surface area (Å²) in [7, 11) is 13.0. The van der Waals surface area contributed by atoms with Gasteiger partial charge in [-0.2, -0.15) is 0 Å². The number of nitrogens with zero attached hydrogens (tertiary/aromatic N) is 2. The van der Waals surface area contributed by atoms with E-state index in [1.54, 1.807) is 56.9 Å². The van der Waals surface area contributed by atoms with E-state index in [1.165, 1.54) is 0 Å². The van der Waals surface area contributed by atoms with Gasteiger partial charge in [0.25, 0.3) is 0 Å². The van der Waals surface area contributed by atoms with Crippen LogP contribution in [0.2, 0.25) is 0 Å². The zero-order chi connectivity index (χ0) is 97.5. The molecule has 5 heterocycles. The lowest BCUT2D eigenvalue weighted by atomic mass is 9.85. The molecule has 0 atom stereocenters. The molecule has 0 aliphatic carbocycles. The Balaban J connectivity index is 1.15. The van der Waals surface area contributed by atoms with Crippen LogP contribution in [-0.2, 0) is 18.9 Å². The number of ether oxygens (including phenoxy) is 12. The Morgan fingerprint density at radius 2 is 0.364 bits per heavy atom. The number of hydrogen-bond acceptors (Lipinski definition) is 18. The highest BCUT2D eigenvalue weighted by atomic mass is 16.5. The zero-order valence-corrected chi connectivity index (χ0v) is 80.6. The monoisotopic (exact) mass is 1860 g/mol. The van der Waals surface area contributed by atoms with E-state index in [0.717, 1.165) is 25.7 Å². The topological polar surface area (TPSA) is 236 Å². The molecule has 2 aliphatic heterocycles. The molecule has 17 rings (SSSR count). The van der Waals surface area contributed by atoms with Crippen molar-refractivity contribution in [1.82, 2.24) is 19.9 Å². The Labute approximate surface area is 815 Å². The van der Waals surface area contributed by atoms with Gasteiger partial charge >= 0.3 is 23.9 Å². The summed E-state index contributed by atoms with van der Waals surface area (Å²) in [6.07, 6.45) is 13.8. The minimum absolute atomic E-state index is 0.187. The summed E-state index contributed by atoms with van der Waals surface area (Å²) >= 11 is 0. The summed E-state index contributed by atoms with van der Waals surface area (Å²) in [5, 5.41) is 0. The van der Waals surface area contributed by atoms with Crippen molar-refractivity contribution in [2.45, 2.75) is 79.1 Å². The molecule has 0 spiro atoms. The average molecular weight is 1860 g/mol. The Morgan fingerprint density at radius 1 is 0.214 bits per heavy atom. The van der Waals surface area contributed by atoms with Gasteiger partial charge < -0.3 is 66.8 Å². The van der Waals surface area contributed by atoms with Crippen LogP contribution in [-0.4, -0.2) is 127 Å². The number of H-pyrrole nitrogens is 2. The number of aromatic nitrogens is 4. The Bertz CT molecular complexity index is 6200. The van der Waals surface area contributed by atoms with E-state index >= 15 is 19.2 Å². The molecular weight excluding hydrogens is 1750 g/mol. The van der Waals surface area contributed by atoms with E-state index < -0.39 is 23.9 Å². The van der Waals surface area contributed by atoms with Gasteiger partial charge in [-0.05, 0) is 309 Å². The van der Waals surface area contributed by atoms with Crippen molar-refractivity contribution in [3.05, 3.63) is 312 Å². The second kappa shape index (κ2) is 43.7. The van der Waals surface area contributed by atoms with E-state index in [-0.39, 0.29) is 26.4 Å². The molecule has 706 valence electrons. The highest BCUT2D eigenvalue weighted by Gasteiger charge is 2.33. The molecule has 3 aromatic heterocycles. The normalized spacial score (nSPS) is 11.4. The van der Waals surface area contributed by atoms with E-state index in [9.17, 15) is 0 Å². The van der Waals surface area contributed by atoms with Crippen LogP contribution >= 0.6 is 0 Å². The second-order valence-corrected chi connectivity index (χ2v) is 34.1. The largest absolute Gasteiger partial charge is 0.497 e. The summed E-state index contributed by atoms with van der Waals surface area (Å²) in [6, 6.07) is 85.6. The van der Waals surface area contributed by atoms with Gasteiger partial charge in [0.2, 0.25) is 0 Å². The Morgan fingerprint density at radius 3 is 0.500 bits per heavy atom. The second-order valence-electron chi connectivity index (χ2n) is 34.1. The van der Waals surface area contributed by atoms with Crippen LogP contribution in [0.1, 0.15) is 143 Å². The third kappa shape index (κ3) is 20.2. The maximum Gasteiger partial charge on any atom is 0.338 e. The fraction of sp³-hybridized carbons (Fsp3) is 0.200. The third-order valence-electron chi connectivity index (χ3n) is 25.4. The van der Waals surface area contributed by atoms with Gasteiger partial charge in [0, 0.05) is 66.6 Å². The fourth-order valence-corrected chi connectivity index (χ4v) is 17.9. The van der Waals surface area contributed by atoms with Gasteiger partial charge in [-0.3, -0.25) is 0 Å². The number of rotatable bonds is 36. The van der Waals surface area contributed by atoms with Crippen molar-refractivity contribution < 1.29 is 76.0 Å². The minimum atomic E-state index is -0.520. The van der Waals surface area contributed by atoms with Crippen LogP contribution in [0.4, 0.5) is 0 Å². The maximum atomic E-state index is 15.3. The average Bonchev–Trinajstić information content (AvgIpc) is 1.54. The lowest BCUT2D eigenvalue weighted by Gasteiger charge is -2.21. The summed E-state index contributed by atoms with van der Waals surface area (Å²) < 4.78 is 72.2.